The molecule has 0 aliphatic heterocycles. The van der Waals surface area contributed by atoms with Crippen molar-refractivity contribution in [1.82, 2.24) is 0 Å². The second-order valence-corrected chi connectivity index (χ2v) is 7.93. The van der Waals surface area contributed by atoms with Crippen LogP contribution in [0.5, 0.6) is 11.5 Å². The van der Waals surface area contributed by atoms with Crippen LogP contribution in [0.15, 0.2) is 34.8 Å². The van der Waals surface area contributed by atoms with Crippen molar-refractivity contribution in [2.75, 3.05) is 5.32 Å². The number of anilines is 1. The number of benzene rings is 2. The fraction of sp³-hybridized carbons (Fsp3) is 0.263. The molecule has 5 nitrogen and oxygen atoms in total. The number of aliphatic carboxylic acids is 1. The van der Waals surface area contributed by atoms with Crippen molar-refractivity contribution in [3.63, 3.8) is 0 Å². The molecular formula is C19H18BrCl2NO4. The highest BCUT2D eigenvalue weighted by atomic mass is 79.9. The number of carboxylic acid groups (broad SMARTS) is 1. The van der Waals surface area contributed by atoms with Crippen LogP contribution in [0.25, 0.3) is 0 Å². The smallest absolute Gasteiger partial charge is 0.310 e. The van der Waals surface area contributed by atoms with Crippen LogP contribution in [0, 0.1) is 5.92 Å². The van der Waals surface area contributed by atoms with E-state index in [0.29, 0.717) is 21.5 Å². The van der Waals surface area contributed by atoms with Gasteiger partial charge in [0.2, 0.25) is 5.91 Å². The minimum atomic E-state index is -0.973. The largest absolute Gasteiger partial charge is 0.481 e. The normalized spacial score (nSPS) is 12.0. The molecule has 0 aliphatic carbocycles. The molecule has 0 aliphatic rings. The minimum absolute atomic E-state index is 0.0985. The molecule has 1 unspecified atom stereocenters. The molecule has 1 atom stereocenters. The average molecular weight is 475 g/mol. The number of carbonyl (C=O) groups is 2. The predicted molar refractivity (Wildman–Crippen MR) is 110 cm³/mol. The van der Waals surface area contributed by atoms with Gasteiger partial charge in [-0.25, -0.2) is 0 Å². The van der Waals surface area contributed by atoms with Gasteiger partial charge in [-0.15, -0.1) is 0 Å². The molecule has 8 heteroatoms. The summed E-state index contributed by atoms with van der Waals surface area (Å²) in [7, 11) is 0. The topological polar surface area (TPSA) is 75.6 Å². The van der Waals surface area contributed by atoms with Gasteiger partial charge in [-0.3, -0.25) is 9.59 Å². The monoisotopic (exact) mass is 473 g/mol. The summed E-state index contributed by atoms with van der Waals surface area (Å²) in [5, 5.41) is 12.3. The predicted octanol–water partition coefficient (Wildman–Crippen LogP) is 6.33. The molecule has 0 saturated heterocycles. The van der Waals surface area contributed by atoms with Crippen LogP contribution < -0.4 is 10.1 Å². The SMILES string of the molecule is CC(C)C(=O)Nc1ccc(Oc2c(Cl)cc(C(C)C(=O)O)cc2Cl)cc1Br. The van der Waals surface area contributed by atoms with Crippen LogP contribution in [0.4, 0.5) is 5.69 Å². The second kappa shape index (κ2) is 8.95. The van der Waals surface area contributed by atoms with E-state index in [-0.39, 0.29) is 27.6 Å². The third kappa shape index (κ3) is 5.37. The number of carboxylic acids is 1. The standard InChI is InChI=1S/C19H18BrCl2NO4/c1-9(2)18(24)23-16-5-4-12(8-13(16)20)27-17-14(21)6-11(7-15(17)22)10(3)19(25)26/h4-10H,1-3H3,(H,23,24)(H,25,26). The Balaban J connectivity index is 2.26. The molecule has 0 bridgehead atoms. The van der Waals surface area contributed by atoms with Gasteiger partial charge in [0.1, 0.15) is 5.75 Å². The van der Waals surface area contributed by atoms with Gasteiger partial charge in [-0.05, 0) is 58.7 Å². The Labute approximate surface area is 175 Å². The Morgan fingerprint density at radius 2 is 1.70 bits per heavy atom. The summed E-state index contributed by atoms with van der Waals surface area (Å²) in [4.78, 5) is 23.0. The maximum Gasteiger partial charge on any atom is 0.310 e. The van der Waals surface area contributed by atoms with E-state index in [9.17, 15) is 9.59 Å². The summed E-state index contributed by atoms with van der Waals surface area (Å²) in [6.07, 6.45) is 0. The first-order valence-corrected chi connectivity index (χ1v) is 9.65. The molecule has 0 heterocycles. The third-order valence-corrected chi connectivity index (χ3v) is 5.05. The number of amides is 1. The molecule has 0 saturated carbocycles. The number of ether oxygens (including phenoxy) is 1. The lowest BCUT2D eigenvalue weighted by Crippen LogP contribution is -2.17. The first-order chi connectivity index (χ1) is 12.6. The number of halogens is 3. The Hall–Kier alpha value is -1.76. The van der Waals surface area contributed by atoms with Gasteiger partial charge in [0.25, 0.3) is 0 Å². The summed E-state index contributed by atoms with van der Waals surface area (Å²) >= 11 is 15.9. The zero-order valence-electron chi connectivity index (χ0n) is 14.8. The van der Waals surface area contributed by atoms with Gasteiger partial charge in [-0.2, -0.15) is 0 Å². The third-order valence-electron chi connectivity index (χ3n) is 3.83. The highest BCUT2D eigenvalue weighted by Crippen LogP contribution is 2.40. The summed E-state index contributed by atoms with van der Waals surface area (Å²) in [6.45, 7) is 5.16. The molecule has 0 aromatic heterocycles. The zero-order chi connectivity index (χ0) is 20.3. The summed E-state index contributed by atoms with van der Waals surface area (Å²) in [5.41, 5.74) is 1.10. The van der Waals surface area contributed by atoms with E-state index in [1.54, 1.807) is 39.0 Å². The summed E-state index contributed by atoms with van der Waals surface area (Å²) in [6, 6.07) is 8.08. The number of rotatable bonds is 6. The fourth-order valence-corrected chi connectivity index (χ4v) is 3.16. The zero-order valence-corrected chi connectivity index (χ0v) is 17.9. The minimum Gasteiger partial charge on any atom is -0.481 e. The summed E-state index contributed by atoms with van der Waals surface area (Å²) < 4.78 is 6.41. The fourth-order valence-electron chi connectivity index (χ4n) is 2.13. The second-order valence-electron chi connectivity index (χ2n) is 6.26. The van der Waals surface area contributed by atoms with Crippen molar-refractivity contribution < 1.29 is 19.4 Å². The molecule has 144 valence electrons. The Bertz CT molecular complexity index is 863. The van der Waals surface area contributed by atoms with Crippen molar-refractivity contribution in [3.8, 4) is 11.5 Å². The first kappa shape index (κ1) is 21.5. The lowest BCUT2D eigenvalue weighted by atomic mass is 10.0. The van der Waals surface area contributed by atoms with E-state index in [1.807, 2.05) is 0 Å². The maximum absolute atomic E-state index is 11.8. The first-order valence-electron chi connectivity index (χ1n) is 8.10. The highest BCUT2D eigenvalue weighted by Gasteiger charge is 2.19. The van der Waals surface area contributed by atoms with Crippen LogP contribution in [-0.4, -0.2) is 17.0 Å². The lowest BCUT2D eigenvalue weighted by Gasteiger charge is -2.15. The molecule has 2 aromatic carbocycles. The van der Waals surface area contributed by atoms with Gasteiger partial charge >= 0.3 is 5.97 Å². The maximum atomic E-state index is 11.8. The van der Waals surface area contributed by atoms with Crippen LogP contribution >= 0.6 is 39.1 Å². The lowest BCUT2D eigenvalue weighted by molar-refractivity contribution is -0.138. The van der Waals surface area contributed by atoms with E-state index < -0.39 is 11.9 Å². The Morgan fingerprint density at radius 3 is 2.19 bits per heavy atom. The molecular weight excluding hydrogens is 457 g/mol. The number of carbonyl (C=O) groups excluding carboxylic acids is 1. The summed E-state index contributed by atoms with van der Waals surface area (Å²) in [5.74, 6) is -1.28. The molecule has 0 fully saturated rings. The quantitative estimate of drug-likeness (QED) is 0.512. The van der Waals surface area contributed by atoms with Gasteiger partial charge in [0.15, 0.2) is 5.75 Å². The van der Waals surface area contributed by atoms with Crippen LogP contribution in [0.2, 0.25) is 10.0 Å². The van der Waals surface area contributed by atoms with E-state index in [4.69, 9.17) is 33.0 Å². The molecule has 0 spiro atoms. The van der Waals surface area contributed by atoms with Gasteiger partial charge in [-0.1, -0.05) is 37.0 Å². The van der Waals surface area contributed by atoms with Gasteiger partial charge in [0.05, 0.1) is 21.7 Å². The molecule has 0 radical (unpaired) electrons. The molecule has 27 heavy (non-hydrogen) atoms. The molecule has 2 aromatic rings. The van der Waals surface area contributed by atoms with Crippen molar-refractivity contribution >= 4 is 56.7 Å². The van der Waals surface area contributed by atoms with E-state index >= 15 is 0 Å². The van der Waals surface area contributed by atoms with E-state index in [0.717, 1.165) is 0 Å². The van der Waals surface area contributed by atoms with Crippen molar-refractivity contribution in [3.05, 3.63) is 50.4 Å². The number of hydrogen-bond donors (Lipinski definition) is 2. The van der Waals surface area contributed by atoms with E-state index in [2.05, 4.69) is 21.2 Å². The molecule has 2 rings (SSSR count). The van der Waals surface area contributed by atoms with Crippen molar-refractivity contribution in [2.45, 2.75) is 26.7 Å². The van der Waals surface area contributed by atoms with Gasteiger partial charge in [0, 0.05) is 10.4 Å². The highest BCUT2D eigenvalue weighted by molar-refractivity contribution is 9.10. The van der Waals surface area contributed by atoms with Crippen LogP contribution in [-0.2, 0) is 9.59 Å². The molecule has 1 amide bonds. The molecule has 2 N–H and O–H groups in total. The Kier molecular flexibility index (Phi) is 7.14. The number of hydrogen-bond acceptors (Lipinski definition) is 3. The Morgan fingerprint density at radius 1 is 1.11 bits per heavy atom. The van der Waals surface area contributed by atoms with Gasteiger partial charge < -0.3 is 15.2 Å². The van der Waals surface area contributed by atoms with Crippen molar-refractivity contribution in [1.29, 1.82) is 0 Å². The van der Waals surface area contributed by atoms with E-state index in [1.165, 1.54) is 12.1 Å². The number of nitrogens with one attached hydrogen (secondary N) is 1. The average Bonchev–Trinajstić information content (AvgIpc) is 2.59. The van der Waals surface area contributed by atoms with Crippen molar-refractivity contribution in [2.24, 2.45) is 5.92 Å². The van der Waals surface area contributed by atoms with Crippen LogP contribution in [0.1, 0.15) is 32.3 Å². The van der Waals surface area contributed by atoms with Crippen LogP contribution in [0.3, 0.4) is 0 Å².